The number of carbonyl (C=O) groups is 2. The molecule has 7 heteroatoms. The van der Waals surface area contributed by atoms with Crippen LogP contribution in [0, 0.1) is 6.92 Å². The van der Waals surface area contributed by atoms with Crippen molar-refractivity contribution >= 4 is 17.6 Å². The van der Waals surface area contributed by atoms with Crippen LogP contribution in [0.5, 0.6) is 0 Å². The van der Waals surface area contributed by atoms with E-state index in [4.69, 9.17) is 4.52 Å². The summed E-state index contributed by atoms with van der Waals surface area (Å²) in [6, 6.07) is 11.0. The number of hydrogen-bond acceptors (Lipinski definition) is 5. The van der Waals surface area contributed by atoms with Crippen LogP contribution in [0.3, 0.4) is 0 Å². The average Bonchev–Trinajstić information content (AvgIpc) is 3.02. The van der Waals surface area contributed by atoms with Gasteiger partial charge >= 0.3 is 0 Å². The first-order valence-corrected chi connectivity index (χ1v) is 8.41. The fourth-order valence-electron chi connectivity index (χ4n) is 2.90. The molecular formula is C18H22N4O3. The van der Waals surface area contributed by atoms with Crippen LogP contribution in [-0.4, -0.2) is 47.5 Å². The van der Waals surface area contributed by atoms with Crippen molar-refractivity contribution in [2.45, 2.75) is 25.8 Å². The van der Waals surface area contributed by atoms with Crippen molar-refractivity contribution in [2.75, 3.05) is 25.0 Å². The first-order valence-electron chi connectivity index (χ1n) is 8.41. The molecule has 2 N–H and O–H groups in total. The van der Waals surface area contributed by atoms with E-state index in [1.165, 1.54) is 0 Å². The van der Waals surface area contributed by atoms with E-state index in [9.17, 15) is 9.59 Å². The Hall–Kier alpha value is -2.67. The van der Waals surface area contributed by atoms with Crippen LogP contribution >= 0.6 is 0 Å². The molecule has 7 nitrogen and oxygen atoms in total. The Kier molecular flexibility index (Phi) is 5.45. The van der Waals surface area contributed by atoms with Gasteiger partial charge in [-0.3, -0.25) is 14.5 Å². The molecule has 1 aromatic carbocycles. The van der Waals surface area contributed by atoms with Gasteiger partial charge in [0.15, 0.2) is 5.82 Å². The quantitative estimate of drug-likeness (QED) is 0.865. The number of rotatable bonds is 5. The highest BCUT2D eigenvalue weighted by atomic mass is 16.5. The van der Waals surface area contributed by atoms with Crippen molar-refractivity contribution in [3.8, 4) is 0 Å². The van der Waals surface area contributed by atoms with Crippen LogP contribution in [0.4, 0.5) is 5.82 Å². The number of nitrogens with one attached hydrogen (secondary N) is 2. The fraction of sp³-hybridized carbons (Fsp3) is 0.389. The molecule has 132 valence electrons. The van der Waals surface area contributed by atoms with E-state index in [1.54, 1.807) is 25.1 Å². The third-order valence-corrected chi connectivity index (χ3v) is 4.22. The first kappa shape index (κ1) is 17.2. The van der Waals surface area contributed by atoms with E-state index >= 15 is 0 Å². The van der Waals surface area contributed by atoms with Crippen molar-refractivity contribution in [1.29, 1.82) is 0 Å². The molecule has 2 heterocycles. The van der Waals surface area contributed by atoms with Crippen LogP contribution in [0.15, 0.2) is 40.9 Å². The van der Waals surface area contributed by atoms with E-state index < -0.39 is 0 Å². The smallest absolute Gasteiger partial charge is 0.251 e. The molecule has 1 fully saturated rings. The molecule has 0 unspecified atom stereocenters. The lowest BCUT2D eigenvalue weighted by atomic mass is 10.0. The van der Waals surface area contributed by atoms with Crippen molar-refractivity contribution in [2.24, 2.45) is 0 Å². The minimum atomic E-state index is -0.111. The van der Waals surface area contributed by atoms with Gasteiger partial charge in [-0.1, -0.05) is 23.4 Å². The summed E-state index contributed by atoms with van der Waals surface area (Å²) in [4.78, 5) is 26.3. The highest BCUT2D eigenvalue weighted by Crippen LogP contribution is 2.12. The molecular weight excluding hydrogens is 320 g/mol. The van der Waals surface area contributed by atoms with Gasteiger partial charge in [0.2, 0.25) is 5.91 Å². The van der Waals surface area contributed by atoms with Gasteiger partial charge in [0.05, 0.1) is 6.54 Å². The summed E-state index contributed by atoms with van der Waals surface area (Å²) in [5, 5.41) is 9.53. The minimum Gasteiger partial charge on any atom is -0.360 e. The lowest BCUT2D eigenvalue weighted by Gasteiger charge is -2.31. The number of carbonyl (C=O) groups excluding carboxylic acids is 2. The number of amides is 2. The summed E-state index contributed by atoms with van der Waals surface area (Å²) in [6.45, 7) is 3.62. The van der Waals surface area contributed by atoms with Crippen LogP contribution in [0.25, 0.3) is 0 Å². The monoisotopic (exact) mass is 342 g/mol. The zero-order valence-electron chi connectivity index (χ0n) is 14.2. The number of benzene rings is 1. The minimum absolute atomic E-state index is 0.0433. The van der Waals surface area contributed by atoms with E-state index in [-0.39, 0.29) is 17.9 Å². The normalized spacial score (nSPS) is 15.7. The average molecular weight is 342 g/mol. The second kappa shape index (κ2) is 7.94. The molecule has 0 aliphatic carbocycles. The Balaban J connectivity index is 1.41. The van der Waals surface area contributed by atoms with Crippen LogP contribution in [0.1, 0.15) is 29.0 Å². The van der Waals surface area contributed by atoms with Crippen LogP contribution in [0.2, 0.25) is 0 Å². The molecule has 25 heavy (non-hydrogen) atoms. The lowest BCUT2D eigenvalue weighted by molar-refractivity contribution is -0.117. The van der Waals surface area contributed by atoms with Gasteiger partial charge in [0, 0.05) is 30.8 Å². The second-order valence-corrected chi connectivity index (χ2v) is 6.26. The number of likely N-dealkylation sites (tertiary alicyclic amines) is 1. The molecule has 2 aromatic rings. The van der Waals surface area contributed by atoms with E-state index in [0.717, 1.165) is 25.9 Å². The van der Waals surface area contributed by atoms with Gasteiger partial charge in [-0.15, -0.1) is 0 Å². The molecule has 0 saturated carbocycles. The summed E-state index contributed by atoms with van der Waals surface area (Å²) >= 11 is 0. The second-order valence-electron chi connectivity index (χ2n) is 6.26. The maximum Gasteiger partial charge on any atom is 0.251 e. The molecule has 1 aliphatic heterocycles. The summed E-state index contributed by atoms with van der Waals surface area (Å²) in [7, 11) is 0. The number of piperidine rings is 1. The Morgan fingerprint density at radius 2 is 1.96 bits per heavy atom. The number of hydrogen-bond donors (Lipinski definition) is 2. The van der Waals surface area contributed by atoms with Gasteiger partial charge in [-0.2, -0.15) is 0 Å². The fourth-order valence-corrected chi connectivity index (χ4v) is 2.90. The molecule has 1 aliphatic rings. The van der Waals surface area contributed by atoms with Crippen molar-refractivity contribution in [1.82, 2.24) is 15.4 Å². The Morgan fingerprint density at radius 3 is 2.60 bits per heavy atom. The molecule has 0 bridgehead atoms. The maximum absolute atomic E-state index is 12.2. The first-order chi connectivity index (χ1) is 12.1. The third-order valence-electron chi connectivity index (χ3n) is 4.22. The highest BCUT2D eigenvalue weighted by molar-refractivity contribution is 5.94. The highest BCUT2D eigenvalue weighted by Gasteiger charge is 2.22. The number of aromatic nitrogens is 1. The number of anilines is 1. The zero-order valence-corrected chi connectivity index (χ0v) is 14.2. The van der Waals surface area contributed by atoms with Crippen molar-refractivity contribution < 1.29 is 14.1 Å². The zero-order chi connectivity index (χ0) is 17.6. The number of nitrogens with zero attached hydrogens (tertiary/aromatic N) is 2. The summed E-state index contributed by atoms with van der Waals surface area (Å²) < 4.78 is 4.92. The van der Waals surface area contributed by atoms with E-state index in [1.807, 2.05) is 18.2 Å². The molecule has 1 aromatic heterocycles. The van der Waals surface area contributed by atoms with E-state index in [2.05, 4.69) is 20.7 Å². The van der Waals surface area contributed by atoms with Crippen molar-refractivity contribution in [3.05, 3.63) is 47.7 Å². The van der Waals surface area contributed by atoms with E-state index in [0.29, 0.717) is 23.7 Å². The predicted molar refractivity (Wildman–Crippen MR) is 93.2 cm³/mol. The SMILES string of the molecule is Cc1cc(NC(=O)CN2CCC(NC(=O)c3ccccc3)CC2)no1. The molecule has 2 amide bonds. The van der Waals surface area contributed by atoms with Gasteiger partial charge in [-0.25, -0.2) is 0 Å². The predicted octanol–water partition coefficient (Wildman–Crippen LogP) is 1.82. The summed E-state index contributed by atoms with van der Waals surface area (Å²) in [5.74, 6) is 0.941. The Morgan fingerprint density at radius 1 is 1.24 bits per heavy atom. The molecule has 0 radical (unpaired) electrons. The van der Waals surface area contributed by atoms with Crippen molar-refractivity contribution in [3.63, 3.8) is 0 Å². The largest absolute Gasteiger partial charge is 0.360 e. The summed E-state index contributed by atoms with van der Waals surface area (Å²) in [5.41, 5.74) is 0.673. The van der Waals surface area contributed by atoms with Gasteiger partial charge < -0.3 is 15.2 Å². The van der Waals surface area contributed by atoms with Gasteiger partial charge in [0.25, 0.3) is 5.91 Å². The third kappa shape index (κ3) is 4.90. The topological polar surface area (TPSA) is 87.5 Å². The Labute approximate surface area is 146 Å². The van der Waals surface area contributed by atoms with Crippen LogP contribution < -0.4 is 10.6 Å². The molecule has 1 saturated heterocycles. The maximum atomic E-state index is 12.2. The molecule has 0 atom stereocenters. The van der Waals surface area contributed by atoms with Gasteiger partial charge in [0.1, 0.15) is 5.76 Å². The molecule has 0 spiro atoms. The summed E-state index contributed by atoms with van der Waals surface area (Å²) in [6.07, 6.45) is 1.66. The van der Waals surface area contributed by atoms with Gasteiger partial charge in [-0.05, 0) is 31.9 Å². The number of aryl methyl sites for hydroxylation is 1. The standard InChI is InChI=1S/C18H22N4O3/c1-13-11-16(21-25-13)20-17(23)12-22-9-7-15(8-10-22)19-18(24)14-5-3-2-4-6-14/h2-6,11,15H,7-10,12H2,1H3,(H,19,24)(H,20,21,23). The molecule has 3 rings (SSSR count). The Bertz CT molecular complexity index is 721. The lowest BCUT2D eigenvalue weighted by Crippen LogP contribution is -2.46. The van der Waals surface area contributed by atoms with Crippen LogP contribution in [-0.2, 0) is 4.79 Å².